The minimum atomic E-state index is -3.99. The fourth-order valence-electron chi connectivity index (χ4n) is 3.42. The summed E-state index contributed by atoms with van der Waals surface area (Å²) in [5.41, 5.74) is -0.176. The van der Waals surface area contributed by atoms with Crippen molar-refractivity contribution < 1.29 is 27.1 Å². The molecule has 0 spiro atoms. The molecule has 1 heterocycles. The molecule has 1 fully saturated rings. The van der Waals surface area contributed by atoms with Crippen LogP contribution in [0.3, 0.4) is 0 Å². The Labute approximate surface area is 193 Å². The zero-order valence-electron chi connectivity index (χ0n) is 18.8. The van der Waals surface area contributed by atoms with Gasteiger partial charge in [0.25, 0.3) is 10.0 Å². The van der Waals surface area contributed by atoms with Gasteiger partial charge < -0.3 is 15.0 Å². The van der Waals surface area contributed by atoms with Crippen LogP contribution in [0.25, 0.3) is 0 Å². The van der Waals surface area contributed by atoms with Crippen molar-refractivity contribution in [2.24, 2.45) is 5.92 Å². The Morgan fingerprint density at radius 1 is 1.06 bits per heavy atom. The van der Waals surface area contributed by atoms with Crippen LogP contribution < -0.4 is 10.0 Å². The second kappa shape index (κ2) is 9.78. The van der Waals surface area contributed by atoms with Gasteiger partial charge in [0.15, 0.2) is 0 Å². The first-order valence-corrected chi connectivity index (χ1v) is 12.1. The summed E-state index contributed by atoms with van der Waals surface area (Å²) in [6, 6.07) is 10.8. The zero-order chi connectivity index (χ0) is 24.2. The van der Waals surface area contributed by atoms with Gasteiger partial charge in [0.1, 0.15) is 11.4 Å². The molecule has 1 unspecified atom stereocenters. The molecule has 8 nitrogen and oxygen atoms in total. The number of nitrogens with zero attached hydrogens (tertiary/aromatic N) is 1. The summed E-state index contributed by atoms with van der Waals surface area (Å²) in [6.07, 6.45) is 0.776. The quantitative estimate of drug-likeness (QED) is 0.671. The molecule has 10 heteroatoms. The Bertz CT molecular complexity index is 1110. The van der Waals surface area contributed by atoms with Gasteiger partial charge >= 0.3 is 6.09 Å². The normalized spacial score (nSPS) is 16.7. The third-order valence-electron chi connectivity index (χ3n) is 5.00. The molecule has 1 aliphatic heterocycles. The van der Waals surface area contributed by atoms with E-state index in [4.69, 9.17) is 4.74 Å². The van der Waals surface area contributed by atoms with Crippen molar-refractivity contribution in [2.75, 3.05) is 23.1 Å². The maximum atomic E-state index is 13.1. The molecule has 2 amide bonds. The zero-order valence-corrected chi connectivity index (χ0v) is 19.6. The van der Waals surface area contributed by atoms with E-state index in [1.54, 1.807) is 39.0 Å². The molecule has 0 saturated carbocycles. The van der Waals surface area contributed by atoms with E-state index in [1.807, 2.05) is 0 Å². The molecule has 3 rings (SSSR count). The van der Waals surface area contributed by atoms with Crippen LogP contribution in [0, 0.1) is 11.7 Å². The van der Waals surface area contributed by atoms with Crippen molar-refractivity contribution in [1.29, 1.82) is 0 Å². The first-order valence-electron chi connectivity index (χ1n) is 10.6. The molecule has 33 heavy (non-hydrogen) atoms. The number of likely N-dealkylation sites (tertiary alicyclic amines) is 1. The summed E-state index contributed by atoms with van der Waals surface area (Å²) in [5.74, 6) is -1.33. The summed E-state index contributed by atoms with van der Waals surface area (Å²) in [4.78, 5) is 26.7. The number of rotatable bonds is 5. The number of benzene rings is 2. The first kappa shape index (κ1) is 24.5. The Kier molecular flexibility index (Phi) is 7.26. The Hall–Kier alpha value is -3.14. The van der Waals surface area contributed by atoms with Crippen LogP contribution in [-0.2, 0) is 19.6 Å². The van der Waals surface area contributed by atoms with Crippen molar-refractivity contribution in [3.8, 4) is 0 Å². The maximum Gasteiger partial charge on any atom is 0.410 e. The van der Waals surface area contributed by atoms with Crippen LogP contribution >= 0.6 is 0 Å². The number of sulfonamides is 1. The molecule has 0 bridgehead atoms. The highest BCUT2D eigenvalue weighted by molar-refractivity contribution is 7.92. The maximum absolute atomic E-state index is 13.1. The highest BCUT2D eigenvalue weighted by Crippen LogP contribution is 2.27. The topological polar surface area (TPSA) is 105 Å². The molecule has 178 valence electrons. The molecular weight excluding hydrogens is 449 g/mol. The van der Waals surface area contributed by atoms with Gasteiger partial charge in [-0.25, -0.2) is 17.6 Å². The highest BCUT2D eigenvalue weighted by atomic mass is 32.2. The molecular formula is C23H28FN3O5S. The van der Waals surface area contributed by atoms with Gasteiger partial charge in [0.2, 0.25) is 5.91 Å². The van der Waals surface area contributed by atoms with Crippen molar-refractivity contribution in [1.82, 2.24) is 4.90 Å². The van der Waals surface area contributed by atoms with E-state index in [0.29, 0.717) is 19.4 Å². The number of carbonyl (C=O) groups excluding carboxylic acids is 2. The highest BCUT2D eigenvalue weighted by Gasteiger charge is 2.31. The minimum Gasteiger partial charge on any atom is -0.444 e. The fourth-order valence-corrected chi connectivity index (χ4v) is 4.50. The van der Waals surface area contributed by atoms with Crippen LogP contribution in [-0.4, -0.2) is 44.0 Å². The van der Waals surface area contributed by atoms with Gasteiger partial charge in [-0.3, -0.25) is 9.52 Å². The summed E-state index contributed by atoms with van der Waals surface area (Å²) in [5, 5.41) is 2.77. The lowest BCUT2D eigenvalue weighted by atomic mass is 9.97. The third-order valence-corrected chi connectivity index (χ3v) is 6.38. The van der Waals surface area contributed by atoms with Gasteiger partial charge in [0, 0.05) is 13.1 Å². The smallest absolute Gasteiger partial charge is 0.410 e. The predicted molar refractivity (Wildman–Crippen MR) is 123 cm³/mol. The lowest BCUT2D eigenvalue weighted by Crippen LogP contribution is -2.45. The van der Waals surface area contributed by atoms with Crippen LogP contribution in [0.15, 0.2) is 53.4 Å². The SMILES string of the molecule is CC(C)(C)OC(=O)N1CCCC(C(=O)Nc2ccccc2NS(=O)(=O)c2ccc(F)cc2)C1. The van der Waals surface area contributed by atoms with E-state index in [-0.39, 0.29) is 28.7 Å². The second-order valence-corrected chi connectivity index (χ2v) is 10.5. The predicted octanol–water partition coefficient (Wildman–Crippen LogP) is 4.21. The number of hydrogen-bond donors (Lipinski definition) is 2. The van der Waals surface area contributed by atoms with E-state index >= 15 is 0 Å². The van der Waals surface area contributed by atoms with Crippen LogP contribution in [0.5, 0.6) is 0 Å². The number of hydrogen-bond acceptors (Lipinski definition) is 5. The van der Waals surface area contributed by atoms with Crippen molar-refractivity contribution >= 4 is 33.4 Å². The molecule has 2 N–H and O–H groups in total. The number of anilines is 2. The summed E-state index contributed by atoms with van der Waals surface area (Å²) < 4.78 is 46.3. The second-order valence-electron chi connectivity index (χ2n) is 8.86. The van der Waals surface area contributed by atoms with E-state index in [1.165, 1.54) is 11.0 Å². The number of carbonyl (C=O) groups is 2. The Balaban J connectivity index is 1.71. The van der Waals surface area contributed by atoms with Gasteiger partial charge in [-0.1, -0.05) is 12.1 Å². The van der Waals surface area contributed by atoms with E-state index in [9.17, 15) is 22.4 Å². The Morgan fingerprint density at radius 3 is 2.33 bits per heavy atom. The molecule has 1 atom stereocenters. The number of para-hydroxylation sites is 2. The third kappa shape index (κ3) is 6.67. The minimum absolute atomic E-state index is 0.106. The number of ether oxygens (including phenoxy) is 1. The van der Waals surface area contributed by atoms with E-state index in [2.05, 4.69) is 10.0 Å². The summed E-state index contributed by atoms with van der Waals surface area (Å²) in [7, 11) is -3.99. The largest absolute Gasteiger partial charge is 0.444 e. The van der Waals surface area contributed by atoms with Crippen molar-refractivity contribution in [3.63, 3.8) is 0 Å². The number of halogens is 1. The molecule has 1 saturated heterocycles. The van der Waals surface area contributed by atoms with Gasteiger partial charge in [0.05, 0.1) is 22.2 Å². The lowest BCUT2D eigenvalue weighted by molar-refractivity contribution is -0.121. The molecule has 0 radical (unpaired) electrons. The number of nitrogens with one attached hydrogen (secondary N) is 2. The van der Waals surface area contributed by atoms with E-state index in [0.717, 1.165) is 24.3 Å². The average Bonchev–Trinajstić information content (AvgIpc) is 2.74. The summed E-state index contributed by atoms with van der Waals surface area (Å²) in [6.45, 7) is 6.06. The standard InChI is InChI=1S/C23H28FN3O5S/c1-23(2,3)32-22(29)27-14-6-7-16(15-27)21(28)25-19-8-4-5-9-20(19)26-33(30,31)18-12-10-17(24)11-13-18/h4-5,8-13,16,26H,6-7,14-15H2,1-3H3,(H,25,28). The monoisotopic (exact) mass is 477 g/mol. The van der Waals surface area contributed by atoms with E-state index < -0.39 is 33.5 Å². The molecule has 0 aliphatic carbocycles. The van der Waals surface area contributed by atoms with Gasteiger partial charge in [-0.15, -0.1) is 0 Å². The average molecular weight is 478 g/mol. The molecule has 2 aromatic rings. The van der Waals surface area contributed by atoms with Crippen molar-refractivity contribution in [3.05, 3.63) is 54.3 Å². The molecule has 0 aromatic heterocycles. The van der Waals surface area contributed by atoms with Crippen LogP contribution in [0.4, 0.5) is 20.6 Å². The van der Waals surface area contributed by atoms with Gasteiger partial charge in [-0.05, 0) is 70.0 Å². The van der Waals surface area contributed by atoms with Crippen LogP contribution in [0.1, 0.15) is 33.6 Å². The Morgan fingerprint density at radius 2 is 1.70 bits per heavy atom. The number of amides is 2. The lowest BCUT2D eigenvalue weighted by Gasteiger charge is -2.33. The molecule has 2 aromatic carbocycles. The fraction of sp³-hybridized carbons (Fsp3) is 0.391. The summed E-state index contributed by atoms with van der Waals surface area (Å²) >= 11 is 0. The van der Waals surface area contributed by atoms with Gasteiger partial charge in [-0.2, -0.15) is 0 Å². The first-order chi connectivity index (χ1) is 15.4. The van der Waals surface area contributed by atoms with Crippen molar-refractivity contribution in [2.45, 2.75) is 44.1 Å². The van der Waals surface area contributed by atoms with Crippen LogP contribution in [0.2, 0.25) is 0 Å². The number of piperidine rings is 1. The molecule has 1 aliphatic rings.